The maximum Gasteiger partial charge on any atom is 0.319 e. The normalized spacial score (nSPS) is 12.1. The van der Waals surface area contributed by atoms with Gasteiger partial charge in [-0.2, -0.15) is 0 Å². The van der Waals surface area contributed by atoms with E-state index in [-0.39, 0.29) is 22.7 Å². The Balaban J connectivity index is 2.60. The van der Waals surface area contributed by atoms with Crippen molar-refractivity contribution in [2.45, 2.75) is 46.6 Å². The molecule has 106 valence electrons. The first-order valence-electron chi connectivity index (χ1n) is 6.46. The van der Waals surface area contributed by atoms with Crippen molar-refractivity contribution in [3.63, 3.8) is 0 Å². The Morgan fingerprint density at radius 2 is 1.84 bits per heavy atom. The van der Waals surface area contributed by atoms with Crippen LogP contribution in [0, 0.1) is 5.41 Å². The van der Waals surface area contributed by atoms with Crippen molar-refractivity contribution >= 4 is 11.7 Å². The fourth-order valence-corrected chi connectivity index (χ4v) is 2.42. The van der Waals surface area contributed by atoms with Gasteiger partial charge in [0.2, 0.25) is 0 Å². The summed E-state index contributed by atoms with van der Waals surface area (Å²) in [5, 5.41) is 15.0. The third-order valence-corrected chi connectivity index (χ3v) is 2.53. The molecule has 19 heavy (non-hydrogen) atoms. The van der Waals surface area contributed by atoms with Gasteiger partial charge in [-0.25, -0.2) is 4.79 Å². The SMILES string of the molecule is CC(C)(C)CC(C)(C)NC(=O)Nc1cccc(O)c1. The van der Waals surface area contributed by atoms with Gasteiger partial charge in [0.15, 0.2) is 0 Å². The number of benzene rings is 1. The molecular weight excluding hydrogens is 240 g/mol. The van der Waals surface area contributed by atoms with Gasteiger partial charge in [0.25, 0.3) is 0 Å². The van der Waals surface area contributed by atoms with E-state index >= 15 is 0 Å². The van der Waals surface area contributed by atoms with Crippen LogP contribution in [0.2, 0.25) is 0 Å². The molecule has 0 bridgehead atoms. The van der Waals surface area contributed by atoms with Crippen LogP contribution in [0.4, 0.5) is 10.5 Å². The Kier molecular flexibility index (Phi) is 4.45. The Hall–Kier alpha value is -1.71. The number of nitrogens with one attached hydrogen (secondary N) is 2. The van der Waals surface area contributed by atoms with Crippen LogP contribution in [0.5, 0.6) is 5.75 Å². The van der Waals surface area contributed by atoms with E-state index in [1.165, 1.54) is 6.07 Å². The minimum atomic E-state index is -0.293. The van der Waals surface area contributed by atoms with E-state index in [0.717, 1.165) is 6.42 Å². The number of anilines is 1. The number of phenolic OH excluding ortho intramolecular Hbond substituents is 1. The highest BCUT2D eigenvalue weighted by molar-refractivity contribution is 5.89. The molecule has 0 aliphatic rings. The molecule has 0 aliphatic heterocycles. The predicted molar refractivity (Wildman–Crippen MR) is 78.4 cm³/mol. The third-order valence-electron chi connectivity index (χ3n) is 2.53. The Bertz CT molecular complexity index is 448. The standard InChI is InChI=1S/C15H24N2O2/c1-14(2,3)10-15(4,5)17-13(19)16-11-7-6-8-12(18)9-11/h6-9,18H,10H2,1-5H3,(H2,16,17,19). The monoisotopic (exact) mass is 264 g/mol. The summed E-state index contributed by atoms with van der Waals surface area (Å²) in [4.78, 5) is 11.9. The molecule has 0 saturated carbocycles. The highest BCUT2D eigenvalue weighted by Gasteiger charge is 2.26. The van der Waals surface area contributed by atoms with Crippen molar-refractivity contribution in [2.24, 2.45) is 5.41 Å². The number of hydrogen-bond acceptors (Lipinski definition) is 2. The van der Waals surface area contributed by atoms with E-state index in [2.05, 4.69) is 31.4 Å². The molecule has 2 amide bonds. The van der Waals surface area contributed by atoms with Gasteiger partial charge in [-0.15, -0.1) is 0 Å². The van der Waals surface area contributed by atoms with Crippen LogP contribution in [-0.4, -0.2) is 16.7 Å². The highest BCUT2D eigenvalue weighted by Crippen LogP contribution is 2.26. The second kappa shape index (κ2) is 5.51. The van der Waals surface area contributed by atoms with Gasteiger partial charge in [-0.3, -0.25) is 0 Å². The van der Waals surface area contributed by atoms with Gasteiger partial charge in [-0.05, 0) is 37.8 Å². The molecular formula is C15H24N2O2. The lowest BCUT2D eigenvalue weighted by Crippen LogP contribution is -2.47. The molecule has 0 saturated heterocycles. The van der Waals surface area contributed by atoms with Crippen LogP contribution in [0.3, 0.4) is 0 Å². The molecule has 0 spiro atoms. The van der Waals surface area contributed by atoms with Gasteiger partial charge >= 0.3 is 6.03 Å². The topological polar surface area (TPSA) is 61.4 Å². The zero-order valence-electron chi connectivity index (χ0n) is 12.4. The van der Waals surface area contributed by atoms with Crippen molar-refractivity contribution in [1.29, 1.82) is 0 Å². The molecule has 0 aliphatic carbocycles. The van der Waals surface area contributed by atoms with Gasteiger partial charge in [0.1, 0.15) is 5.75 Å². The molecule has 0 aromatic heterocycles. The minimum Gasteiger partial charge on any atom is -0.508 e. The first kappa shape index (κ1) is 15.3. The van der Waals surface area contributed by atoms with Gasteiger partial charge < -0.3 is 15.7 Å². The summed E-state index contributed by atoms with van der Waals surface area (Å²) in [5.41, 5.74) is 0.421. The number of phenols is 1. The van der Waals surface area contributed by atoms with Crippen LogP contribution in [0.15, 0.2) is 24.3 Å². The smallest absolute Gasteiger partial charge is 0.319 e. The van der Waals surface area contributed by atoms with Crippen molar-refractivity contribution in [1.82, 2.24) is 5.32 Å². The number of rotatable bonds is 3. The van der Waals surface area contributed by atoms with E-state index in [1.54, 1.807) is 18.2 Å². The van der Waals surface area contributed by atoms with E-state index < -0.39 is 0 Å². The summed E-state index contributed by atoms with van der Waals surface area (Å²) in [6.07, 6.45) is 0.869. The molecule has 3 N–H and O–H groups in total. The van der Waals surface area contributed by atoms with Gasteiger partial charge in [-0.1, -0.05) is 26.8 Å². The van der Waals surface area contributed by atoms with Crippen LogP contribution in [-0.2, 0) is 0 Å². The second-order valence-corrected chi connectivity index (χ2v) is 6.75. The number of urea groups is 1. The number of carbonyl (C=O) groups excluding carboxylic acids is 1. The minimum absolute atomic E-state index is 0.131. The molecule has 0 heterocycles. The summed E-state index contributed by atoms with van der Waals surface area (Å²) < 4.78 is 0. The van der Waals surface area contributed by atoms with Crippen molar-refractivity contribution in [2.75, 3.05) is 5.32 Å². The Labute approximate surface area is 115 Å². The zero-order chi connectivity index (χ0) is 14.7. The van der Waals surface area contributed by atoms with Crippen molar-refractivity contribution < 1.29 is 9.90 Å². The predicted octanol–water partition coefficient (Wildman–Crippen LogP) is 3.73. The number of aromatic hydroxyl groups is 1. The molecule has 1 rings (SSSR count). The second-order valence-electron chi connectivity index (χ2n) is 6.75. The molecule has 4 nitrogen and oxygen atoms in total. The molecule has 0 fully saturated rings. The average molecular weight is 264 g/mol. The van der Waals surface area contributed by atoms with Crippen LogP contribution in [0.1, 0.15) is 41.0 Å². The fraction of sp³-hybridized carbons (Fsp3) is 0.533. The number of amides is 2. The third kappa shape index (κ3) is 6.13. The Morgan fingerprint density at radius 1 is 1.21 bits per heavy atom. The highest BCUT2D eigenvalue weighted by atomic mass is 16.3. The number of hydrogen-bond donors (Lipinski definition) is 3. The van der Waals surface area contributed by atoms with E-state index in [4.69, 9.17) is 0 Å². The largest absolute Gasteiger partial charge is 0.508 e. The van der Waals surface area contributed by atoms with E-state index in [9.17, 15) is 9.90 Å². The summed E-state index contributed by atoms with van der Waals surface area (Å²) >= 11 is 0. The quantitative estimate of drug-likeness (QED) is 0.779. The molecule has 0 radical (unpaired) electrons. The van der Waals surface area contributed by atoms with Crippen LogP contribution < -0.4 is 10.6 Å². The lowest BCUT2D eigenvalue weighted by atomic mass is 9.82. The lowest BCUT2D eigenvalue weighted by Gasteiger charge is -2.33. The summed E-state index contributed by atoms with van der Waals surface area (Å²) in [7, 11) is 0. The average Bonchev–Trinajstić information content (AvgIpc) is 2.11. The first-order valence-corrected chi connectivity index (χ1v) is 6.46. The lowest BCUT2D eigenvalue weighted by molar-refractivity contribution is 0.220. The van der Waals surface area contributed by atoms with E-state index in [0.29, 0.717) is 5.69 Å². The molecule has 1 aromatic rings. The van der Waals surface area contributed by atoms with Crippen molar-refractivity contribution in [3.05, 3.63) is 24.3 Å². The van der Waals surface area contributed by atoms with Gasteiger partial charge in [0, 0.05) is 17.3 Å². The molecule has 1 aromatic carbocycles. The maximum atomic E-state index is 11.9. The summed E-state index contributed by atoms with van der Waals surface area (Å²) in [6.45, 7) is 10.4. The number of carbonyl (C=O) groups is 1. The summed E-state index contributed by atoms with van der Waals surface area (Å²) in [6, 6.07) is 6.23. The fourth-order valence-electron chi connectivity index (χ4n) is 2.42. The summed E-state index contributed by atoms with van der Waals surface area (Å²) in [5.74, 6) is 0.131. The van der Waals surface area contributed by atoms with Gasteiger partial charge in [0.05, 0.1) is 0 Å². The van der Waals surface area contributed by atoms with Crippen LogP contribution >= 0.6 is 0 Å². The van der Waals surface area contributed by atoms with E-state index in [1.807, 2.05) is 13.8 Å². The van der Waals surface area contributed by atoms with Crippen molar-refractivity contribution in [3.8, 4) is 5.75 Å². The maximum absolute atomic E-state index is 11.9. The Morgan fingerprint density at radius 3 is 2.37 bits per heavy atom. The molecule has 4 heteroatoms. The van der Waals surface area contributed by atoms with Crippen LogP contribution in [0.25, 0.3) is 0 Å². The molecule has 0 unspecified atom stereocenters. The first-order chi connectivity index (χ1) is 8.57. The zero-order valence-corrected chi connectivity index (χ0v) is 12.4. The molecule has 0 atom stereocenters.